The summed E-state index contributed by atoms with van der Waals surface area (Å²) in [5, 5.41) is 8.06. The maximum Gasteiger partial charge on any atom is 0.323 e. The van der Waals surface area contributed by atoms with Crippen molar-refractivity contribution >= 4 is 23.3 Å². The molecule has 0 unspecified atom stereocenters. The Labute approximate surface area is 156 Å². The van der Waals surface area contributed by atoms with E-state index in [0.29, 0.717) is 28.6 Å². The topological polar surface area (TPSA) is 95.2 Å². The van der Waals surface area contributed by atoms with E-state index in [1.807, 2.05) is 37.3 Å². The van der Waals surface area contributed by atoms with Gasteiger partial charge in [-0.1, -0.05) is 18.2 Å². The minimum atomic E-state index is -0.327. The van der Waals surface area contributed by atoms with E-state index in [4.69, 9.17) is 4.74 Å². The van der Waals surface area contributed by atoms with Crippen molar-refractivity contribution in [1.82, 2.24) is 10.3 Å². The first-order valence-electron chi connectivity index (χ1n) is 8.38. The number of H-pyrrole nitrogens is 1. The number of anilines is 2. The number of rotatable bonds is 5. The van der Waals surface area contributed by atoms with Gasteiger partial charge in [0.25, 0.3) is 5.91 Å². The maximum atomic E-state index is 12.0. The Bertz CT molecular complexity index is 934. The lowest BCUT2D eigenvalue weighted by atomic mass is 10.3. The van der Waals surface area contributed by atoms with E-state index in [2.05, 4.69) is 20.9 Å². The number of hydrogen-bond donors (Lipinski definition) is 4. The molecule has 1 aromatic heterocycles. The van der Waals surface area contributed by atoms with Crippen molar-refractivity contribution in [3.8, 4) is 11.5 Å². The summed E-state index contributed by atoms with van der Waals surface area (Å²) in [6, 6.07) is 17.5. The van der Waals surface area contributed by atoms with Crippen molar-refractivity contribution in [2.75, 3.05) is 17.7 Å². The third kappa shape index (κ3) is 4.66. The van der Waals surface area contributed by atoms with Gasteiger partial charge in [-0.3, -0.25) is 4.79 Å². The molecule has 7 heteroatoms. The van der Waals surface area contributed by atoms with Crippen LogP contribution in [0.4, 0.5) is 16.2 Å². The normalized spacial score (nSPS) is 10.1. The maximum absolute atomic E-state index is 12.0. The minimum absolute atomic E-state index is 0.211. The van der Waals surface area contributed by atoms with Crippen LogP contribution < -0.4 is 20.7 Å². The van der Waals surface area contributed by atoms with Crippen LogP contribution in [0, 0.1) is 6.92 Å². The molecule has 0 aliphatic heterocycles. The summed E-state index contributed by atoms with van der Waals surface area (Å²) in [7, 11) is 1.57. The molecular formula is C20H20N4O3. The van der Waals surface area contributed by atoms with Crippen LogP contribution in [0.15, 0.2) is 60.7 Å². The molecule has 0 bridgehead atoms. The van der Waals surface area contributed by atoms with Crippen molar-refractivity contribution in [2.24, 2.45) is 0 Å². The van der Waals surface area contributed by atoms with Crippen LogP contribution in [0.5, 0.6) is 11.5 Å². The number of aryl methyl sites for hydroxylation is 1. The van der Waals surface area contributed by atoms with Gasteiger partial charge in [0, 0.05) is 24.5 Å². The molecule has 1 heterocycles. The van der Waals surface area contributed by atoms with E-state index in [1.54, 1.807) is 37.4 Å². The van der Waals surface area contributed by atoms with Gasteiger partial charge in [0.05, 0.1) is 5.69 Å². The lowest BCUT2D eigenvalue weighted by Gasteiger charge is -2.09. The van der Waals surface area contributed by atoms with E-state index in [0.717, 1.165) is 5.69 Å². The number of carbonyl (C=O) groups excluding carboxylic acids is 2. The summed E-state index contributed by atoms with van der Waals surface area (Å²) in [6.45, 7) is 1.83. The van der Waals surface area contributed by atoms with Crippen molar-refractivity contribution in [1.29, 1.82) is 0 Å². The molecule has 3 amide bonds. The van der Waals surface area contributed by atoms with Crippen molar-refractivity contribution in [2.45, 2.75) is 6.92 Å². The van der Waals surface area contributed by atoms with E-state index < -0.39 is 0 Å². The van der Waals surface area contributed by atoms with Crippen LogP contribution in [-0.2, 0) is 0 Å². The minimum Gasteiger partial charge on any atom is -0.455 e. The van der Waals surface area contributed by atoms with Gasteiger partial charge in [-0.15, -0.1) is 0 Å². The number of carbonyl (C=O) groups is 2. The van der Waals surface area contributed by atoms with Gasteiger partial charge in [-0.05, 0) is 43.3 Å². The molecule has 27 heavy (non-hydrogen) atoms. The Hall–Kier alpha value is -3.74. The summed E-state index contributed by atoms with van der Waals surface area (Å²) in [5.74, 6) is 0.947. The standard InChI is InChI=1S/C20H20N4O3/c1-13-18(12-17(22-13)19(25)21-2)27-16-10-8-15(9-11-16)24-20(26)23-14-6-4-3-5-7-14/h3-12,22H,1-2H3,(H,21,25)(H2,23,24,26). The van der Waals surface area contributed by atoms with Crippen LogP contribution in [0.3, 0.4) is 0 Å². The molecule has 0 aliphatic rings. The highest BCUT2D eigenvalue weighted by Crippen LogP contribution is 2.27. The van der Waals surface area contributed by atoms with Crippen LogP contribution in [-0.4, -0.2) is 24.0 Å². The Morgan fingerprint density at radius 2 is 1.56 bits per heavy atom. The summed E-state index contributed by atoms with van der Waals surface area (Å²) in [4.78, 5) is 26.6. The average Bonchev–Trinajstić information content (AvgIpc) is 3.04. The predicted molar refractivity (Wildman–Crippen MR) is 105 cm³/mol. The van der Waals surface area contributed by atoms with E-state index in [-0.39, 0.29) is 11.9 Å². The molecule has 2 aromatic carbocycles. The quantitative estimate of drug-likeness (QED) is 0.548. The van der Waals surface area contributed by atoms with E-state index in [1.165, 1.54) is 0 Å². The lowest BCUT2D eigenvalue weighted by molar-refractivity contribution is 0.0958. The SMILES string of the molecule is CNC(=O)c1cc(Oc2ccc(NC(=O)Nc3ccccc3)cc2)c(C)[nH]1. The second kappa shape index (κ2) is 8.09. The van der Waals surface area contributed by atoms with Gasteiger partial charge in [0.2, 0.25) is 0 Å². The van der Waals surface area contributed by atoms with Gasteiger partial charge in [0.1, 0.15) is 17.2 Å². The van der Waals surface area contributed by atoms with Crippen LogP contribution in [0.2, 0.25) is 0 Å². The molecular weight excluding hydrogens is 344 g/mol. The fraction of sp³-hybridized carbons (Fsp3) is 0.100. The Morgan fingerprint density at radius 1 is 0.926 bits per heavy atom. The first kappa shape index (κ1) is 18.1. The summed E-state index contributed by atoms with van der Waals surface area (Å²) >= 11 is 0. The molecule has 0 atom stereocenters. The number of aromatic nitrogens is 1. The number of hydrogen-bond acceptors (Lipinski definition) is 3. The molecule has 0 spiro atoms. The average molecular weight is 364 g/mol. The van der Waals surface area contributed by atoms with Crippen LogP contribution in [0.25, 0.3) is 0 Å². The smallest absolute Gasteiger partial charge is 0.323 e. The second-order valence-corrected chi connectivity index (χ2v) is 5.82. The zero-order valence-corrected chi connectivity index (χ0v) is 15.0. The number of amides is 3. The van der Waals surface area contributed by atoms with E-state index in [9.17, 15) is 9.59 Å². The molecule has 0 aliphatic carbocycles. The number of benzene rings is 2. The number of urea groups is 1. The first-order valence-corrected chi connectivity index (χ1v) is 8.38. The van der Waals surface area contributed by atoms with Crippen molar-refractivity contribution in [3.63, 3.8) is 0 Å². The zero-order chi connectivity index (χ0) is 19.2. The second-order valence-electron chi connectivity index (χ2n) is 5.82. The monoisotopic (exact) mass is 364 g/mol. The third-order valence-electron chi connectivity index (χ3n) is 3.81. The van der Waals surface area contributed by atoms with Crippen molar-refractivity contribution in [3.05, 3.63) is 72.1 Å². The highest BCUT2D eigenvalue weighted by atomic mass is 16.5. The van der Waals surface area contributed by atoms with Crippen LogP contribution >= 0.6 is 0 Å². The van der Waals surface area contributed by atoms with Gasteiger partial charge in [-0.2, -0.15) is 0 Å². The van der Waals surface area contributed by atoms with Gasteiger partial charge < -0.3 is 25.7 Å². The molecule has 4 N–H and O–H groups in total. The number of aromatic amines is 1. The molecule has 138 valence electrons. The predicted octanol–water partition coefficient (Wildman–Crippen LogP) is 4.12. The fourth-order valence-corrected chi connectivity index (χ4v) is 2.45. The zero-order valence-electron chi connectivity index (χ0n) is 15.0. The number of para-hydroxylation sites is 1. The van der Waals surface area contributed by atoms with Gasteiger partial charge >= 0.3 is 6.03 Å². The Kier molecular flexibility index (Phi) is 5.41. The van der Waals surface area contributed by atoms with Crippen molar-refractivity contribution < 1.29 is 14.3 Å². The lowest BCUT2D eigenvalue weighted by Crippen LogP contribution is -2.19. The number of nitrogens with one attached hydrogen (secondary N) is 4. The van der Waals surface area contributed by atoms with Crippen LogP contribution in [0.1, 0.15) is 16.2 Å². The highest BCUT2D eigenvalue weighted by Gasteiger charge is 2.12. The fourth-order valence-electron chi connectivity index (χ4n) is 2.45. The molecule has 0 radical (unpaired) electrons. The molecule has 7 nitrogen and oxygen atoms in total. The first-order chi connectivity index (χ1) is 13.0. The highest BCUT2D eigenvalue weighted by molar-refractivity contribution is 5.99. The van der Waals surface area contributed by atoms with Gasteiger partial charge in [-0.25, -0.2) is 4.79 Å². The largest absolute Gasteiger partial charge is 0.455 e. The summed E-state index contributed by atoms with van der Waals surface area (Å²) in [5.41, 5.74) is 2.52. The Balaban J connectivity index is 1.61. The van der Waals surface area contributed by atoms with E-state index >= 15 is 0 Å². The Morgan fingerprint density at radius 3 is 2.19 bits per heavy atom. The summed E-state index contributed by atoms with van der Waals surface area (Å²) in [6.07, 6.45) is 0. The molecule has 3 aromatic rings. The summed E-state index contributed by atoms with van der Waals surface area (Å²) < 4.78 is 5.80. The molecule has 0 saturated carbocycles. The molecule has 0 fully saturated rings. The van der Waals surface area contributed by atoms with Gasteiger partial charge in [0.15, 0.2) is 0 Å². The third-order valence-corrected chi connectivity index (χ3v) is 3.81. The molecule has 3 rings (SSSR count). The molecule has 0 saturated heterocycles. The number of ether oxygens (including phenoxy) is 1.